The molecule has 0 amide bonds. The molecule has 0 saturated carbocycles. The van der Waals surface area contributed by atoms with Crippen LogP contribution in [0.4, 0.5) is 0 Å². The summed E-state index contributed by atoms with van der Waals surface area (Å²) in [6.45, 7) is 4.62. The fourth-order valence-corrected chi connectivity index (χ4v) is 4.35. The Bertz CT molecular complexity index is 1200. The molecule has 2 aromatic heterocycles. The molecule has 4 rings (SSSR count). The second-order valence-corrected chi connectivity index (χ2v) is 8.59. The molecule has 1 fully saturated rings. The van der Waals surface area contributed by atoms with Gasteiger partial charge in [0.05, 0.1) is 13.1 Å². The van der Waals surface area contributed by atoms with Crippen LogP contribution in [0.2, 0.25) is 10.0 Å². The monoisotopic (exact) mass is 450 g/mol. The molecule has 0 aliphatic carbocycles. The van der Waals surface area contributed by atoms with Gasteiger partial charge in [-0.25, -0.2) is 9.78 Å². The second-order valence-electron chi connectivity index (χ2n) is 7.77. The topological polar surface area (TPSA) is 68.3 Å². The molecule has 0 N–H and O–H groups in total. The first kappa shape index (κ1) is 21.1. The van der Waals surface area contributed by atoms with E-state index in [9.17, 15) is 9.59 Å². The molecule has 0 radical (unpaired) electrons. The van der Waals surface area contributed by atoms with E-state index in [1.165, 1.54) is 11.6 Å². The zero-order chi connectivity index (χ0) is 21.6. The van der Waals surface area contributed by atoms with E-state index in [-0.39, 0.29) is 5.56 Å². The summed E-state index contributed by atoms with van der Waals surface area (Å²) in [6.07, 6.45) is 0. The van der Waals surface area contributed by atoms with Crippen LogP contribution in [-0.4, -0.2) is 61.7 Å². The molecular weight excluding hydrogens is 427 g/mol. The lowest BCUT2D eigenvalue weighted by Gasteiger charge is -2.32. The van der Waals surface area contributed by atoms with Crippen molar-refractivity contribution in [1.82, 2.24) is 28.5 Å². The minimum Gasteiger partial charge on any atom is -0.316 e. The molecule has 1 aromatic carbocycles. The molecule has 0 atom stereocenters. The fourth-order valence-electron chi connectivity index (χ4n) is 3.83. The Morgan fingerprint density at radius 2 is 1.57 bits per heavy atom. The predicted octanol–water partition coefficient (Wildman–Crippen LogP) is 1.54. The van der Waals surface area contributed by atoms with Crippen molar-refractivity contribution >= 4 is 34.4 Å². The molecule has 160 valence electrons. The van der Waals surface area contributed by atoms with Crippen molar-refractivity contribution in [2.24, 2.45) is 14.1 Å². The molecule has 0 spiro atoms. The minimum absolute atomic E-state index is 0.297. The van der Waals surface area contributed by atoms with Gasteiger partial charge in [-0.05, 0) is 19.2 Å². The van der Waals surface area contributed by atoms with E-state index < -0.39 is 5.69 Å². The van der Waals surface area contributed by atoms with Gasteiger partial charge in [0.2, 0.25) is 0 Å². The van der Waals surface area contributed by atoms with Crippen molar-refractivity contribution in [2.45, 2.75) is 13.1 Å². The lowest BCUT2D eigenvalue weighted by Crippen LogP contribution is -2.44. The maximum absolute atomic E-state index is 13.0. The Kier molecular flexibility index (Phi) is 5.76. The highest BCUT2D eigenvalue weighted by atomic mass is 35.5. The van der Waals surface area contributed by atoms with Crippen molar-refractivity contribution in [2.75, 3.05) is 33.2 Å². The zero-order valence-corrected chi connectivity index (χ0v) is 18.7. The summed E-state index contributed by atoms with van der Waals surface area (Å²) < 4.78 is 4.37. The quantitative estimate of drug-likeness (QED) is 0.602. The van der Waals surface area contributed by atoms with Crippen LogP contribution in [0.5, 0.6) is 0 Å². The first-order valence-corrected chi connectivity index (χ1v) is 10.5. The van der Waals surface area contributed by atoms with E-state index in [1.54, 1.807) is 25.2 Å². The normalized spacial score (nSPS) is 15.9. The van der Waals surface area contributed by atoms with Gasteiger partial charge in [0.25, 0.3) is 5.56 Å². The van der Waals surface area contributed by atoms with Crippen molar-refractivity contribution in [3.05, 3.63) is 60.5 Å². The molecule has 1 aliphatic heterocycles. The number of benzene rings is 1. The molecule has 8 nitrogen and oxygen atoms in total. The molecule has 0 unspecified atom stereocenters. The van der Waals surface area contributed by atoms with Crippen molar-refractivity contribution in [3.63, 3.8) is 0 Å². The molecule has 3 aromatic rings. The summed E-state index contributed by atoms with van der Waals surface area (Å²) in [5.41, 5.74) is 0.679. The third-order valence-corrected chi connectivity index (χ3v) is 6.47. The van der Waals surface area contributed by atoms with Crippen molar-refractivity contribution in [3.8, 4) is 0 Å². The standard InChI is InChI=1S/C20H24Cl2N6O2/c1-24-7-9-27(10-8-24)12-16-23-18-17(19(29)26(3)20(30)25(18)2)28(16)11-13-14(21)5-4-6-15(13)22/h4-6H,7-12H2,1-3H3. The van der Waals surface area contributed by atoms with Crippen LogP contribution in [0.3, 0.4) is 0 Å². The summed E-state index contributed by atoms with van der Waals surface area (Å²) in [5, 5.41) is 1.05. The molecular formula is C20H24Cl2N6O2. The SMILES string of the molecule is CN1CCN(Cc2nc3c(c(=O)n(C)c(=O)n3C)n2Cc2c(Cl)cccc2Cl)CC1. The summed E-state index contributed by atoms with van der Waals surface area (Å²) in [4.78, 5) is 34.8. The lowest BCUT2D eigenvalue weighted by molar-refractivity contribution is 0.144. The number of aromatic nitrogens is 4. The lowest BCUT2D eigenvalue weighted by atomic mass is 10.2. The Morgan fingerprint density at radius 1 is 0.933 bits per heavy atom. The van der Waals surface area contributed by atoms with Crippen LogP contribution < -0.4 is 11.2 Å². The van der Waals surface area contributed by atoms with Gasteiger partial charge in [-0.1, -0.05) is 29.3 Å². The first-order valence-electron chi connectivity index (χ1n) is 9.77. The van der Waals surface area contributed by atoms with E-state index in [1.807, 2.05) is 4.57 Å². The third-order valence-electron chi connectivity index (χ3n) is 5.77. The number of hydrogen-bond acceptors (Lipinski definition) is 5. The summed E-state index contributed by atoms with van der Waals surface area (Å²) in [7, 11) is 5.21. The highest BCUT2D eigenvalue weighted by molar-refractivity contribution is 6.36. The maximum atomic E-state index is 13.0. The Hall–Kier alpha value is -2.13. The number of fused-ring (bicyclic) bond motifs is 1. The molecule has 1 aliphatic rings. The van der Waals surface area contributed by atoms with Gasteiger partial charge in [0.15, 0.2) is 11.2 Å². The number of piperazine rings is 1. The van der Waals surface area contributed by atoms with Crippen molar-refractivity contribution < 1.29 is 0 Å². The average Bonchev–Trinajstić information content (AvgIpc) is 3.07. The molecule has 30 heavy (non-hydrogen) atoms. The van der Waals surface area contributed by atoms with Crippen LogP contribution in [0.1, 0.15) is 11.4 Å². The van der Waals surface area contributed by atoms with Crippen LogP contribution in [0, 0.1) is 0 Å². The Labute approximate surface area is 183 Å². The number of imidazole rings is 1. The van der Waals surface area contributed by atoms with E-state index >= 15 is 0 Å². The summed E-state index contributed by atoms with van der Waals surface area (Å²) >= 11 is 12.8. The van der Waals surface area contributed by atoms with E-state index in [4.69, 9.17) is 28.2 Å². The summed E-state index contributed by atoms with van der Waals surface area (Å²) in [6, 6.07) is 5.33. The largest absolute Gasteiger partial charge is 0.332 e. The smallest absolute Gasteiger partial charge is 0.316 e. The van der Waals surface area contributed by atoms with Crippen LogP contribution in [-0.2, 0) is 27.2 Å². The Morgan fingerprint density at radius 3 is 2.20 bits per heavy atom. The van der Waals surface area contributed by atoms with Crippen LogP contribution in [0.15, 0.2) is 27.8 Å². The third kappa shape index (κ3) is 3.69. The van der Waals surface area contributed by atoms with Gasteiger partial charge < -0.3 is 9.47 Å². The highest BCUT2D eigenvalue weighted by Gasteiger charge is 2.23. The van der Waals surface area contributed by atoms with Gasteiger partial charge >= 0.3 is 5.69 Å². The average molecular weight is 451 g/mol. The minimum atomic E-state index is -0.404. The van der Waals surface area contributed by atoms with E-state index in [0.717, 1.165) is 36.3 Å². The second kappa shape index (κ2) is 8.19. The number of halogens is 2. The van der Waals surface area contributed by atoms with E-state index in [2.05, 4.69) is 16.8 Å². The van der Waals surface area contributed by atoms with Crippen LogP contribution in [0.25, 0.3) is 11.2 Å². The van der Waals surface area contributed by atoms with Gasteiger partial charge in [-0.3, -0.25) is 18.8 Å². The predicted molar refractivity (Wildman–Crippen MR) is 119 cm³/mol. The van der Waals surface area contributed by atoms with Gasteiger partial charge in [0, 0.05) is 55.9 Å². The summed E-state index contributed by atoms with van der Waals surface area (Å²) in [5.74, 6) is 0.712. The van der Waals surface area contributed by atoms with E-state index in [0.29, 0.717) is 40.1 Å². The number of likely N-dealkylation sites (N-methyl/N-ethyl adjacent to an activating group) is 1. The zero-order valence-electron chi connectivity index (χ0n) is 17.2. The first-order chi connectivity index (χ1) is 14.3. The molecule has 1 saturated heterocycles. The maximum Gasteiger partial charge on any atom is 0.332 e. The van der Waals surface area contributed by atoms with Gasteiger partial charge in [-0.15, -0.1) is 0 Å². The number of rotatable bonds is 4. The molecule has 3 heterocycles. The number of hydrogen-bond donors (Lipinski definition) is 0. The van der Waals surface area contributed by atoms with Gasteiger partial charge in [0.1, 0.15) is 5.82 Å². The Balaban J connectivity index is 1.88. The molecule has 0 bridgehead atoms. The number of aryl methyl sites for hydroxylation is 1. The van der Waals surface area contributed by atoms with Gasteiger partial charge in [-0.2, -0.15) is 0 Å². The van der Waals surface area contributed by atoms with Crippen molar-refractivity contribution in [1.29, 1.82) is 0 Å². The fraction of sp³-hybridized carbons (Fsp3) is 0.450. The van der Waals surface area contributed by atoms with Crippen LogP contribution >= 0.6 is 23.2 Å². The highest BCUT2D eigenvalue weighted by Crippen LogP contribution is 2.27. The number of nitrogens with zero attached hydrogens (tertiary/aromatic N) is 6. The molecule has 10 heteroatoms.